The Balaban J connectivity index is 1.35. The maximum atomic E-state index is 13.1. The van der Waals surface area contributed by atoms with Gasteiger partial charge in [0.2, 0.25) is 0 Å². The number of H-pyrrole nitrogens is 1. The number of rotatable bonds is 3. The van der Waals surface area contributed by atoms with E-state index in [1.807, 2.05) is 24.3 Å². The van der Waals surface area contributed by atoms with E-state index >= 15 is 0 Å². The summed E-state index contributed by atoms with van der Waals surface area (Å²) in [6.07, 6.45) is 2.93. The van der Waals surface area contributed by atoms with Crippen LogP contribution in [0.5, 0.6) is 0 Å². The maximum absolute atomic E-state index is 13.1. The molecule has 5 rings (SSSR count). The number of hydrogen-bond donors (Lipinski definition) is 2. The number of hydrogen-bond acceptors (Lipinski definition) is 4. The third kappa shape index (κ3) is 4.12. The lowest BCUT2D eigenvalue weighted by Gasteiger charge is -2.26. The zero-order valence-electron chi connectivity index (χ0n) is 18.5. The number of carbonyl (C=O) groups excluding carboxylic acids is 4. The molecule has 2 heterocycles. The van der Waals surface area contributed by atoms with Crippen molar-refractivity contribution >= 4 is 51.6 Å². The van der Waals surface area contributed by atoms with Crippen LogP contribution in [0.4, 0.5) is 5.69 Å². The van der Waals surface area contributed by atoms with Crippen LogP contribution < -0.4 is 5.32 Å². The summed E-state index contributed by atoms with van der Waals surface area (Å²) in [6, 6.07) is 11.9. The number of amides is 2. The number of nitrogens with zero attached hydrogens (tertiary/aromatic N) is 1. The predicted molar refractivity (Wildman–Crippen MR) is 129 cm³/mol. The van der Waals surface area contributed by atoms with Gasteiger partial charge in [-0.3, -0.25) is 19.2 Å². The quantitative estimate of drug-likeness (QED) is 0.561. The standard InChI is InChI=1S/C26H24ClN3O4/c27-23-19-6-2-3-7-20(19)29-24(23)25(33)28-16-9-11-18-15(13-16)14-30(26(18)34)21-12-10-17(31)5-1-4-8-22(21)32/h2-3,6-7,9,11,13,21,29H,1,4-5,8,10,12,14H2,(H,28,33). The van der Waals surface area contributed by atoms with Gasteiger partial charge < -0.3 is 15.2 Å². The maximum Gasteiger partial charge on any atom is 0.273 e. The Morgan fingerprint density at radius 3 is 2.65 bits per heavy atom. The number of anilines is 1. The summed E-state index contributed by atoms with van der Waals surface area (Å²) in [6.45, 7) is 0.273. The molecule has 34 heavy (non-hydrogen) atoms. The first-order chi connectivity index (χ1) is 16.4. The summed E-state index contributed by atoms with van der Waals surface area (Å²) < 4.78 is 0. The molecule has 3 aromatic rings. The second-order valence-electron chi connectivity index (χ2n) is 8.89. The smallest absolute Gasteiger partial charge is 0.273 e. The molecule has 2 aromatic carbocycles. The van der Waals surface area contributed by atoms with Crippen LogP contribution in [0.15, 0.2) is 42.5 Å². The number of fused-ring (bicyclic) bond motifs is 2. The first-order valence-electron chi connectivity index (χ1n) is 11.5. The van der Waals surface area contributed by atoms with E-state index in [1.165, 1.54) is 0 Å². The van der Waals surface area contributed by atoms with Crippen LogP contribution in [-0.4, -0.2) is 39.3 Å². The number of aromatic amines is 1. The Morgan fingerprint density at radius 2 is 1.82 bits per heavy atom. The molecule has 2 N–H and O–H groups in total. The fourth-order valence-corrected chi connectivity index (χ4v) is 5.13. The van der Waals surface area contributed by atoms with Gasteiger partial charge in [0, 0.05) is 48.0 Å². The SMILES string of the molecule is O=C1CCCCC(=O)C(N2Cc3cc(NC(=O)c4[nH]c5ccccc5c4Cl)ccc3C2=O)CC1. The van der Waals surface area contributed by atoms with E-state index in [0.29, 0.717) is 48.4 Å². The van der Waals surface area contributed by atoms with Gasteiger partial charge in [-0.15, -0.1) is 0 Å². The zero-order valence-corrected chi connectivity index (χ0v) is 19.3. The van der Waals surface area contributed by atoms with Gasteiger partial charge in [-0.2, -0.15) is 0 Å². The molecule has 0 bridgehead atoms. The molecule has 0 saturated heterocycles. The molecule has 0 spiro atoms. The van der Waals surface area contributed by atoms with Crippen LogP contribution in [0.1, 0.15) is 64.9 Å². The van der Waals surface area contributed by atoms with E-state index in [2.05, 4.69) is 10.3 Å². The number of Topliss-reactive ketones (excluding diaryl/α,β-unsaturated/α-hetero) is 2. The fourth-order valence-electron chi connectivity index (χ4n) is 4.83. The van der Waals surface area contributed by atoms with Crippen molar-refractivity contribution in [3.8, 4) is 0 Å². The first-order valence-corrected chi connectivity index (χ1v) is 11.9. The molecule has 1 aliphatic carbocycles. The molecule has 7 nitrogen and oxygen atoms in total. The van der Waals surface area contributed by atoms with Crippen molar-refractivity contribution in [3.63, 3.8) is 0 Å². The van der Waals surface area contributed by atoms with E-state index in [-0.39, 0.29) is 35.6 Å². The minimum atomic E-state index is -0.592. The highest BCUT2D eigenvalue weighted by Gasteiger charge is 2.36. The van der Waals surface area contributed by atoms with E-state index in [4.69, 9.17) is 11.6 Å². The number of ketones is 2. The molecule has 1 atom stereocenters. The van der Waals surface area contributed by atoms with Gasteiger partial charge in [0.1, 0.15) is 11.5 Å². The number of carbonyl (C=O) groups is 4. The Labute approximate surface area is 201 Å². The molecule has 8 heteroatoms. The van der Waals surface area contributed by atoms with Gasteiger partial charge in [0.25, 0.3) is 11.8 Å². The van der Waals surface area contributed by atoms with Gasteiger partial charge in [-0.05, 0) is 49.1 Å². The van der Waals surface area contributed by atoms with Crippen LogP contribution in [0.2, 0.25) is 5.02 Å². The molecule has 1 unspecified atom stereocenters. The molecular formula is C26H24ClN3O4. The van der Waals surface area contributed by atoms with E-state index in [1.54, 1.807) is 23.1 Å². The zero-order chi connectivity index (χ0) is 23.8. The monoisotopic (exact) mass is 477 g/mol. The number of halogens is 1. The lowest BCUT2D eigenvalue weighted by molar-refractivity contribution is -0.124. The highest BCUT2D eigenvalue weighted by Crippen LogP contribution is 2.31. The fraction of sp³-hybridized carbons (Fsp3) is 0.308. The number of benzene rings is 2. The summed E-state index contributed by atoms with van der Waals surface area (Å²) in [7, 11) is 0. The van der Waals surface area contributed by atoms with Crippen LogP contribution in [0.25, 0.3) is 10.9 Å². The van der Waals surface area contributed by atoms with Crippen molar-refractivity contribution in [2.75, 3.05) is 5.32 Å². The lowest BCUT2D eigenvalue weighted by atomic mass is 10.0. The second-order valence-corrected chi connectivity index (χ2v) is 9.26. The summed E-state index contributed by atoms with van der Waals surface area (Å²) in [5.74, 6) is -0.439. The van der Waals surface area contributed by atoms with Crippen molar-refractivity contribution in [1.82, 2.24) is 9.88 Å². The molecule has 174 valence electrons. The van der Waals surface area contributed by atoms with Crippen LogP contribution >= 0.6 is 11.6 Å². The van der Waals surface area contributed by atoms with Gasteiger partial charge in [-0.25, -0.2) is 0 Å². The first kappa shape index (κ1) is 22.3. The van der Waals surface area contributed by atoms with Crippen molar-refractivity contribution in [2.24, 2.45) is 0 Å². The lowest BCUT2D eigenvalue weighted by Crippen LogP contribution is -2.41. The highest BCUT2D eigenvalue weighted by molar-refractivity contribution is 6.39. The Kier molecular flexibility index (Phi) is 5.96. The van der Waals surface area contributed by atoms with E-state index < -0.39 is 6.04 Å². The summed E-state index contributed by atoms with van der Waals surface area (Å²) >= 11 is 6.40. The van der Waals surface area contributed by atoms with Crippen molar-refractivity contribution in [1.29, 1.82) is 0 Å². The average molecular weight is 478 g/mol. The Morgan fingerprint density at radius 1 is 1.03 bits per heavy atom. The van der Waals surface area contributed by atoms with Crippen LogP contribution in [-0.2, 0) is 16.1 Å². The van der Waals surface area contributed by atoms with Crippen molar-refractivity contribution in [2.45, 2.75) is 51.1 Å². The van der Waals surface area contributed by atoms with E-state index in [9.17, 15) is 19.2 Å². The normalized spacial score (nSPS) is 19.0. The van der Waals surface area contributed by atoms with Crippen LogP contribution in [0.3, 0.4) is 0 Å². The Hall–Kier alpha value is -3.45. The predicted octanol–water partition coefficient (Wildman–Crippen LogP) is 4.89. The highest BCUT2D eigenvalue weighted by atomic mass is 35.5. The third-order valence-electron chi connectivity index (χ3n) is 6.64. The molecule has 1 fully saturated rings. The van der Waals surface area contributed by atoms with Gasteiger partial charge >= 0.3 is 0 Å². The Bertz CT molecular complexity index is 1330. The molecule has 2 aliphatic rings. The third-order valence-corrected chi connectivity index (χ3v) is 7.03. The molecule has 1 saturated carbocycles. The summed E-state index contributed by atoms with van der Waals surface area (Å²) in [4.78, 5) is 55.4. The summed E-state index contributed by atoms with van der Waals surface area (Å²) in [5.41, 5.74) is 2.82. The second kappa shape index (κ2) is 9.06. The van der Waals surface area contributed by atoms with Gasteiger partial charge in [-0.1, -0.05) is 29.8 Å². The van der Waals surface area contributed by atoms with E-state index in [0.717, 1.165) is 22.9 Å². The minimum absolute atomic E-state index is 0.0119. The van der Waals surface area contributed by atoms with Crippen molar-refractivity contribution < 1.29 is 19.2 Å². The molecule has 0 radical (unpaired) electrons. The van der Waals surface area contributed by atoms with Gasteiger partial charge in [0.15, 0.2) is 5.78 Å². The number of aromatic nitrogens is 1. The summed E-state index contributed by atoms with van der Waals surface area (Å²) in [5, 5.41) is 3.96. The molecule has 1 aliphatic heterocycles. The van der Waals surface area contributed by atoms with Crippen LogP contribution in [0, 0.1) is 0 Å². The number of nitrogens with one attached hydrogen (secondary N) is 2. The number of para-hydroxylation sites is 1. The average Bonchev–Trinajstić information content (AvgIpc) is 3.35. The molecule has 1 aromatic heterocycles. The van der Waals surface area contributed by atoms with Gasteiger partial charge in [0.05, 0.1) is 11.1 Å². The van der Waals surface area contributed by atoms with Crippen molar-refractivity contribution in [3.05, 3.63) is 64.3 Å². The topological polar surface area (TPSA) is 99.3 Å². The largest absolute Gasteiger partial charge is 0.349 e. The molecule has 2 amide bonds. The molecular weight excluding hydrogens is 454 g/mol. The minimum Gasteiger partial charge on any atom is -0.349 e.